The number of benzene rings is 2. The van der Waals surface area contributed by atoms with Gasteiger partial charge in [-0.2, -0.15) is 0 Å². The highest BCUT2D eigenvalue weighted by Crippen LogP contribution is 2.21. The molecule has 0 radical (unpaired) electrons. The molecule has 3 aromatic rings. The highest BCUT2D eigenvalue weighted by atomic mass is 35.5. The smallest absolute Gasteiger partial charge is 0.327 e. The number of nitrogens with zero attached hydrogens (tertiary/aromatic N) is 2. The van der Waals surface area contributed by atoms with E-state index >= 15 is 0 Å². The lowest BCUT2D eigenvalue weighted by Crippen LogP contribution is -2.19. The molecular weight excluding hydrogens is 304 g/mol. The van der Waals surface area contributed by atoms with Crippen molar-refractivity contribution in [3.05, 3.63) is 59.6 Å². The first-order valence-electron chi connectivity index (χ1n) is 6.43. The Labute approximate surface area is 131 Å². The molecule has 0 saturated carbocycles. The van der Waals surface area contributed by atoms with Crippen molar-refractivity contribution in [1.82, 2.24) is 10.2 Å². The van der Waals surface area contributed by atoms with E-state index in [9.17, 15) is 4.79 Å². The van der Waals surface area contributed by atoms with Gasteiger partial charge >= 0.3 is 12.0 Å². The van der Waals surface area contributed by atoms with E-state index in [0.29, 0.717) is 22.2 Å². The highest BCUT2D eigenvalue weighted by Gasteiger charge is 2.11. The van der Waals surface area contributed by atoms with E-state index in [1.54, 1.807) is 36.4 Å². The van der Waals surface area contributed by atoms with E-state index in [4.69, 9.17) is 16.0 Å². The number of urea groups is 1. The number of nitrogens with one attached hydrogen (secondary N) is 2. The molecule has 1 heterocycles. The fraction of sp³-hybridized carbons (Fsp3) is 0. The summed E-state index contributed by atoms with van der Waals surface area (Å²) >= 11 is 5.82. The second-order valence-corrected chi connectivity index (χ2v) is 4.80. The molecule has 7 heteroatoms. The number of amides is 2. The van der Waals surface area contributed by atoms with Gasteiger partial charge in [0.15, 0.2) is 0 Å². The fourth-order valence-corrected chi connectivity index (χ4v) is 1.89. The van der Waals surface area contributed by atoms with Gasteiger partial charge in [0.2, 0.25) is 5.89 Å². The lowest BCUT2D eigenvalue weighted by atomic mass is 10.2. The van der Waals surface area contributed by atoms with E-state index in [1.807, 2.05) is 18.2 Å². The van der Waals surface area contributed by atoms with Gasteiger partial charge in [-0.15, -0.1) is 5.10 Å². The van der Waals surface area contributed by atoms with E-state index in [1.165, 1.54) is 0 Å². The third-order valence-electron chi connectivity index (χ3n) is 2.77. The molecule has 2 aromatic carbocycles. The Balaban J connectivity index is 1.66. The number of halogens is 1. The monoisotopic (exact) mass is 314 g/mol. The third-order valence-corrected chi connectivity index (χ3v) is 3.02. The minimum absolute atomic E-state index is 0.0124. The van der Waals surface area contributed by atoms with Gasteiger partial charge in [-0.25, -0.2) is 4.79 Å². The Bertz CT molecular complexity index is 772. The van der Waals surface area contributed by atoms with Crippen LogP contribution in [0.4, 0.5) is 16.5 Å². The first-order chi connectivity index (χ1) is 10.7. The van der Waals surface area contributed by atoms with Crippen LogP contribution in [0, 0.1) is 0 Å². The predicted octanol–water partition coefficient (Wildman–Crippen LogP) is 4.03. The van der Waals surface area contributed by atoms with Gasteiger partial charge in [-0.3, -0.25) is 5.32 Å². The SMILES string of the molecule is O=C(Nc1ccccc1)Nc1nnc(-c2ccc(Cl)cc2)o1. The number of anilines is 2. The summed E-state index contributed by atoms with van der Waals surface area (Å²) in [5.74, 6) is 0.298. The molecule has 0 bridgehead atoms. The van der Waals surface area contributed by atoms with Crippen molar-refractivity contribution in [2.75, 3.05) is 10.6 Å². The van der Waals surface area contributed by atoms with Crippen molar-refractivity contribution in [1.29, 1.82) is 0 Å². The second kappa shape index (κ2) is 6.28. The van der Waals surface area contributed by atoms with Crippen molar-refractivity contribution >= 4 is 29.3 Å². The van der Waals surface area contributed by atoms with Crippen molar-refractivity contribution in [2.24, 2.45) is 0 Å². The Morgan fingerprint density at radius 2 is 1.68 bits per heavy atom. The van der Waals surface area contributed by atoms with E-state index in [2.05, 4.69) is 20.8 Å². The normalized spacial score (nSPS) is 10.2. The third kappa shape index (κ3) is 3.42. The zero-order valence-corrected chi connectivity index (χ0v) is 12.0. The van der Waals surface area contributed by atoms with Gasteiger partial charge in [0.1, 0.15) is 0 Å². The standard InChI is InChI=1S/C15H11ClN4O2/c16-11-8-6-10(7-9-11)13-19-20-15(22-13)18-14(21)17-12-4-2-1-3-5-12/h1-9H,(H2,17,18,20,21). The second-order valence-electron chi connectivity index (χ2n) is 4.36. The molecule has 0 atom stereocenters. The first kappa shape index (κ1) is 14.1. The van der Waals surface area contributed by atoms with Crippen molar-refractivity contribution in [2.45, 2.75) is 0 Å². The van der Waals surface area contributed by atoms with Crippen LogP contribution in [0.15, 0.2) is 59.0 Å². The van der Waals surface area contributed by atoms with Crippen LogP contribution in [0.1, 0.15) is 0 Å². The number of hydrogen-bond donors (Lipinski definition) is 2. The molecule has 0 spiro atoms. The fourth-order valence-electron chi connectivity index (χ4n) is 1.76. The highest BCUT2D eigenvalue weighted by molar-refractivity contribution is 6.30. The minimum Gasteiger partial charge on any atom is -0.403 e. The first-order valence-corrected chi connectivity index (χ1v) is 6.81. The molecule has 2 N–H and O–H groups in total. The van der Waals surface area contributed by atoms with Crippen LogP contribution in [0.25, 0.3) is 11.5 Å². The maximum atomic E-state index is 11.8. The molecule has 0 unspecified atom stereocenters. The van der Waals surface area contributed by atoms with Crippen molar-refractivity contribution in [3.63, 3.8) is 0 Å². The minimum atomic E-state index is -0.461. The lowest BCUT2D eigenvalue weighted by Gasteiger charge is -2.03. The van der Waals surface area contributed by atoms with Crippen LogP contribution in [0.3, 0.4) is 0 Å². The maximum Gasteiger partial charge on any atom is 0.327 e. The number of para-hydroxylation sites is 1. The van der Waals surface area contributed by atoms with Gasteiger partial charge in [0.05, 0.1) is 0 Å². The van der Waals surface area contributed by atoms with Gasteiger partial charge < -0.3 is 9.73 Å². The molecule has 3 rings (SSSR count). The van der Waals surface area contributed by atoms with E-state index in [-0.39, 0.29) is 6.01 Å². The number of aromatic nitrogens is 2. The summed E-state index contributed by atoms with van der Waals surface area (Å²) in [5, 5.41) is 13.4. The molecule has 0 aliphatic heterocycles. The molecule has 22 heavy (non-hydrogen) atoms. The van der Waals surface area contributed by atoms with Gasteiger partial charge in [-0.05, 0) is 36.4 Å². The van der Waals surface area contributed by atoms with Crippen LogP contribution in [0.5, 0.6) is 0 Å². The molecule has 2 amide bonds. The zero-order valence-electron chi connectivity index (χ0n) is 11.3. The molecule has 6 nitrogen and oxygen atoms in total. The van der Waals surface area contributed by atoms with Crippen LogP contribution < -0.4 is 10.6 Å². The van der Waals surface area contributed by atoms with Crippen molar-refractivity contribution < 1.29 is 9.21 Å². The molecule has 1 aromatic heterocycles. The Kier molecular flexibility index (Phi) is 4.02. The van der Waals surface area contributed by atoms with Gasteiger partial charge in [-0.1, -0.05) is 34.9 Å². The molecule has 0 aliphatic carbocycles. The number of carbonyl (C=O) groups is 1. The Morgan fingerprint density at radius 3 is 2.41 bits per heavy atom. The zero-order chi connectivity index (χ0) is 15.4. The molecular formula is C15H11ClN4O2. The Hall–Kier alpha value is -2.86. The summed E-state index contributed by atoms with van der Waals surface area (Å²) in [5.41, 5.74) is 1.38. The van der Waals surface area contributed by atoms with Crippen LogP contribution >= 0.6 is 11.6 Å². The van der Waals surface area contributed by atoms with Crippen LogP contribution in [-0.2, 0) is 0 Å². The summed E-state index contributed by atoms with van der Waals surface area (Å²) in [4.78, 5) is 11.8. The topological polar surface area (TPSA) is 80.0 Å². The number of hydrogen-bond acceptors (Lipinski definition) is 4. The summed E-state index contributed by atoms with van der Waals surface area (Å²) < 4.78 is 5.38. The molecule has 0 fully saturated rings. The largest absolute Gasteiger partial charge is 0.403 e. The average Bonchev–Trinajstić information content (AvgIpc) is 2.97. The molecule has 110 valence electrons. The lowest BCUT2D eigenvalue weighted by molar-refractivity contribution is 0.261. The predicted molar refractivity (Wildman–Crippen MR) is 83.8 cm³/mol. The summed E-state index contributed by atoms with van der Waals surface area (Å²) in [7, 11) is 0. The van der Waals surface area contributed by atoms with Crippen molar-refractivity contribution in [3.8, 4) is 11.5 Å². The van der Waals surface area contributed by atoms with Gasteiger partial charge in [0, 0.05) is 16.3 Å². The van der Waals surface area contributed by atoms with E-state index in [0.717, 1.165) is 0 Å². The molecule has 0 saturated heterocycles. The van der Waals surface area contributed by atoms with E-state index < -0.39 is 6.03 Å². The summed E-state index contributed by atoms with van der Waals surface area (Å²) in [6, 6.07) is 15.5. The number of rotatable bonds is 3. The summed E-state index contributed by atoms with van der Waals surface area (Å²) in [6.45, 7) is 0. The van der Waals surface area contributed by atoms with Crippen LogP contribution in [0.2, 0.25) is 5.02 Å². The summed E-state index contributed by atoms with van der Waals surface area (Å²) in [6.07, 6.45) is 0. The van der Waals surface area contributed by atoms with Crippen LogP contribution in [-0.4, -0.2) is 16.2 Å². The maximum absolute atomic E-state index is 11.8. The quantitative estimate of drug-likeness (QED) is 0.764. The van der Waals surface area contributed by atoms with Gasteiger partial charge in [0.25, 0.3) is 0 Å². The molecule has 0 aliphatic rings. The Morgan fingerprint density at radius 1 is 0.955 bits per heavy atom. The number of carbonyl (C=O) groups excluding carboxylic acids is 1. The average molecular weight is 315 g/mol.